The average Bonchev–Trinajstić information content (AvgIpc) is 2.44. The Bertz CT molecular complexity index is 247. The standard InChI is InChI=1S/C11H22N2O4S/c14-6-11(7-15,8-16)13-10(17)5-18-9-1-3-12-4-2-9/h9,12,14-16H,1-8H2,(H,13,17). The van der Waals surface area contributed by atoms with Crippen LogP contribution in [-0.2, 0) is 4.79 Å². The van der Waals surface area contributed by atoms with Gasteiger partial charge in [-0.3, -0.25) is 4.79 Å². The van der Waals surface area contributed by atoms with Crippen LogP contribution in [0.1, 0.15) is 12.8 Å². The minimum absolute atomic E-state index is 0.268. The van der Waals surface area contributed by atoms with Gasteiger partial charge in [0.2, 0.25) is 5.91 Å². The van der Waals surface area contributed by atoms with Crippen molar-refractivity contribution in [2.75, 3.05) is 38.7 Å². The molecule has 0 aliphatic carbocycles. The molecule has 0 spiro atoms. The molecule has 1 rings (SSSR count). The van der Waals surface area contributed by atoms with Gasteiger partial charge in [0.05, 0.1) is 25.6 Å². The molecular formula is C11H22N2O4S. The first kappa shape index (κ1) is 15.7. The summed E-state index contributed by atoms with van der Waals surface area (Å²) in [6, 6.07) is 0. The summed E-state index contributed by atoms with van der Waals surface area (Å²) in [7, 11) is 0. The molecule has 0 bridgehead atoms. The lowest BCUT2D eigenvalue weighted by Crippen LogP contribution is -2.57. The van der Waals surface area contributed by atoms with Gasteiger partial charge in [0, 0.05) is 5.25 Å². The van der Waals surface area contributed by atoms with Gasteiger partial charge in [0.1, 0.15) is 5.54 Å². The average molecular weight is 278 g/mol. The number of amides is 1. The second kappa shape index (κ2) is 7.96. The van der Waals surface area contributed by atoms with Crippen molar-refractivity contribution in [3.63, 3.8) is 0 Å². The number of aliphatic hydroxyl groups is 3. The lowest BCUT2D eigenvalue weighted by atomic mass is 10.0. The molecule has 5 N–H and O–H groups in total. The number of carbonyl (C=O) groups excluding carboxylic acids is 1. The van der Waals surface area contributed by atoms with E-state index in [-0.39, 0.29) is 11.7 Å². The number of piperidine rings is 1. The number of carbonyl (C=O) groups is 1. The van der Waals surface area contributed by atoms with Gasteiger partial charge in [0.25, 0.3) is 0 Å². The minimum Gasteiger partial charge on any atom is -0.394 e. The summed E-state index contributed by atoms with van der Waals surface area (Å²) in [5, 5.41) is 33.5. The second-order valence-electron chi connectivity index (χ2n) is 4.56. The molecule has 6 nitrogen and oxygen atoms in total. The summed E-state index contributed by atoms with van der Waals surface area (Å²) >= 11 is 1.58. The molecule has 0 aromatic heterocycles. The normalized spacial score (nSPS) is 17.7. The van der Waals surface area contributed by atoms with Crippen LogP contribution in [0.4, 0.5) is 0 Å². The van der Waals surface area contributed by atoms with Gasteiger partial charge >= 0.3 is 0 Å². The van der Waals surface area contributed by atoms with Gasteiger partial charge < -0.3 is 26.0 Å². The number of rotatable bonds is 7. The molecule has 1 aliphatic rings. The van der Waals surface area contributed by atoms with Crippen molar-refractivity contribution in [2.24, 2.45) is 0 Å². The summed E-state index contributed by atoms with van der Waals surface area (Å²) in [6.07, 6.45) is 2.09. The zero-order valence-corrected chi connectivity index (χ0v) is 11.2. The first-order valence-electron chi connectivity index (χ1n) is 6.12. The highest BCUT2D eigenvalue weighted by Crippen LogP contribution is 2.19. The van der Waals surface area contributed by atoms with Crippen LogP contribution in [-0.4, -0.2) is 70.7 Å². The van der Waals surface area contributed by atoms with E-state index in [0.717, 1.165) is 25.9 Å². The topological polar surface area (TPSA) is 102 Å². The van der Waals surface area contributed by atoms with Gasteiger partial charge in [-0.25, -0.2) is 0 Å². The number of nitrogens with one attached hydrogen (secondary N) is 2. The fourth-order valence-electron chi connectivity index (χ4n) is 1.76. The fourth-order valence-corrected chi connectivity index (χ4v) is 2.78. The van der Waals surface area contributed by atoms with E-state index in [1.165, 1.54) is 0 Å². The van der Waals surface area contributed by atoms with Gasteiger partial charge in [-0.2, -0.15) is 0 Å². The molecule has 0 aromatic carbocycles. The summed E-state index contributed by atoms with van der Waals surface area (Å²) in [5.41, 5.74) is -1.31. The van der Waals surface area contributed by atoms with Crippen LogP contribution in [0.15, 0.2) is 0 Å². The Kier molecular flexibility index (Phi) is 6.95. The van der Waals surface area contributed by atoms with Gasteiger partial charge in [-0.05, 0) is 25.9 Å². The molecule has 106 valence electrons. The first-order valence-corrected chi connectivity index (χ1v) is 7.16. The predicted molar refractivity (Wildman–Crippen MR) is 70.5 cm³/mol. The molecule has 0 saturated carbocycles. The van der Waals surface area contributed by atoms with Crippen LogP contribution in [0, 0.1) is 0 Å². The van der Waals surface area contributed by atoms with Crippen LogP contribution in [0.25, 0.3) is 0 Å². The maximum absolute atomic E-state index is 11.7. The van der Waals surface area contributed by atoms with Crippen molar-refractivity contribution in [1.29, 1.82) is 0 Å². The summed E-state index contributed by atoms with van der Waals surface area (Å²) < 4.78 is 0. The maximum Gasteiger partial charge on any atom is 0.230 e. The van der Waals surface area contributed by atoms with Crippen molar-refractivity contribution < 1.29 is 20.1 Å². The monoisotopic (exact) mass is 278 g/mol. The van der Waals surface area contributed by atoms with E-state index in [1.54, 1.807) is 11.8 Å². The van der Waals surface area contributed by atoms with Crippen molar-refractivity contribution >= 4 is 17.7 Å². The molecule has 1 aliphatic heterocycles. The van der Waals surface area contributed by atoms with Crippen molar-refractivity contribution in [3.8, 4) is 0 Å². The summed E-state index contributed by atoms with van der Waals surface area (Å²) in [4.78, 5) is 11.7. The molecule has 18 heavy (non-hydrogen) atoms. The number of aliphatic hydroxyl groups excluding tert-OH is 3. The van der Waals surface area contributed by atoms with Gasteiger partial charge in [-0.15, -0.1) is 11.8 Å². The SMILES string of the molecule is O=C(CSC1CCNCC1)NC(CO)(CO)CO. The first-order chi connectivity index (χ1) is 8.65. The zero-order chi connectivity index (χ0) is 13.4. The third-order valence-electron chi connectivity index (χ3n) is 3.05. The third kappa shape index (κ3) is 4.74. The Balaban J connectivity index is 2.31. The smallest absolute Gasteiger partial charge is 0.230 e. The summed E-state index contributed by atoms with van der Waals surface area (Å²) in [5.74, 6) is 0.0163. The Hall–Kier alpha value is -0.340. The minimum atomic E-state index is -1.31. The van der Waals surface area contributed by atoms with Crippen LogP contribution in [0.2, 0.25) is 0 Å². The van der Waals surface area contributed by atoms with Crippen LogP contribution < -0.4 is 10.6 Å². The van der Waals surface area contributed by atoms with Gasteiger partial charge in [-0.1, -0.05) is 0 Å². The van der Waals surface area contributed by atoms with Crippen molar-refractivity contribution in [3.05, 3.63) is 0 Å². The van der Waals surface area contributed by atoms with Crippen LogP contribution in [0.5, 0.6) is 0 Å². The third-order valence-corrected chi connectivity index (χ3v) is 4.42. The predicted octanol–water partition coefficient (Wildman–Crippen LogP) is -1.70. The molecule has 0 aromatic rings. The number of thioether (sulfide) groups is 1. The lowest BCUT2D eigenvalue weighted by molar-refractivity contribution is -0.122. The molecular weight excluding hydrogens is 256 g/mol. The molecule has 1 saturated heterocycles. The molecule has 7 heteroatoms. The summed E-state index contributed by atoms with van der Waals surface area (Å²) in [6.45, 7) is 0.511. The molecule has 1 fully saturated rings. The lowest BCUT2D eigenvalue weighted by Gasteiger charge is -2.29. The second-order valence-corrected chi connectivity index (χ2v) is 5.85. The highest BCUT2D eigenvalue weighted by atomic mass is 32.2. The van der Waals surface area contributed by atoms with Crippen molar-refractivity contribution in [1.82, 2.24) is 10.6 Å². The van der Waals surface area contributed by atoms with E-state index in [9.17, 15) is 4.79 Å². The molecule has 1 amide bonds. The van der Waals surface area contributed by atoms with E-state index in [4.69, 9.17) is 15.3 Å². The van der Waals surface area contributed by atoms with Crippen LogP contribution in [0.3, 0.4) is 0 Å². The van der Waals surface area contributed by atoms with E-state index < -0.39 is 25.4 Å². The maximum atomic E-state index is 11.7. The highest BCUT2D eigenvalue weighted by Gasteiger charge is 2.30. The Morgan fingerprint density at radius 3 is 2.28 bits per heavy atom. The fraction of sp³-hybridized carbons (Fsp3) is 0.909. The van der Waals surface area contributed by atoms with E-state index >= 15 is 0 Å². The van der Waals surface area contributed by atoms with Crippen molar-refractivity contribution in [2.45, 2.75) is 23.6 Å². The zero-order valence-electron chi connectivity index (χ0n) is 10.4. The Labute approximate surface area is 111 Å². The van der Waals surface area contributed by atoms with E-state index in [2.05, 4.69) is 10.6 Å². The van der Waals surface area contributed by atoms with E-state index in [0.29, 0.717) is 5.25 Å². The number of hydrogen-bond donors (Lipinski definition) is 5. The van der Waals surface area contributed by atoms with Crippen LogP contribution >= 0.6 is 11.8 Å². The van der Waals surface area contributed by atoms with Gasteiger partial charge in [0.15, 0.2) is 0 Å². The number of hydrogen-bond acceptors (Lipinski definition) is 6. The highest BCUT2D eigenvalue weighted by molar-refractivity contribution is 8.00. The van der Waals surface area contributed by atoms with E-state index in [1.807, 2.05) is 0 Å². The molecule has 0 radical (unpaired) electrons. The Morgan fingerprint density at radius 2 is 1.78 bits per heavy atom. The quantitative estimate of drug-likeness (QED) is 0.381. The molecule has 0 atom stereocenters. The molecule has 0 unspecified atom stereocenters. The molecule has 1 heterocycles. The Morgan fingerprint density at radius 1 is 1.22 bits per heavy atom. The largest absolute Gasteiger partial charge is 0.394 e.